The Bertz CT molecular complexity index is 676. The number of nitrogens with two attached hydrogens (primary N) is 1. The van der Waals surface area contributed by atoms with Gasteiger partial charge in [-0.2, -0.15) is 5.10 Å². The van der Waals surface area contributed by atoms with Crippen LogP contribution in [-0.4, -0.2) is 14.8 Å². The van der Waals surface area contributed by atoms with Gasteiger partial charge in [0.15, 0.2) is 0 Å². The Hall–Kier alpha value is -2.46. The number of aryl methyl sites for hydroxylation is 1. The van der Waals surface area contributed by atoms with Crippen LogP contribution in [0.3, 0.4) is 0 Å². The molecular weight excluding hydrogens is 260 g/mol. The average molecular weight is 278 g/mol. The van der Waals surface area contributed by atoms with Crippen LogP contribution in [0.15, 0.2) is 67.1 Å². The smallest absolute Gasteiger partial charge is 0.0649 e. The molecular formula is C17H18N4. The number of nitrogens with zero attached hydrogens (tertiary/aromatic N) is 3. The summed E-state index contributed by atoms with van der Waals surface area (Å²) in [5, 5.41) is 4.39. The van der Waals surface area contributed by atoms with Crippen molar-refractivity contribution in [2.24, 2.45) is 5.73 Å². The van der Waals surface area contributed by atoms with E-state index in [0.717, 1.165) is 24.2 Å². The summed E-state index contributed by atoms with van der Waals surface area (Å²) < 4.78 is 1.91. The number of pyridine rings is 1. The minimum absolute atomic E-state index is 0.0409. The second-order valence-corrected chi connectivity index (χ2v) is 5.00. The van der Waals surface area contributed by atoms with Crippen molar-refractivity contribution in [3.8, 4) is 5.69 Å². The molecule has 1 atom stereocenters. The lowest BCUT2D eigenvalue weighted by Crippen LogP contribution is -2.16. The van der Waals surface area contributed by atoms with E-state index in [9.17, 15) is 0 Å². The highest BCUT2D eigenvalue weighted by Crippen LogP contribution is 2.19. The van der Waals surface area contributed by atoms with E-state index in [2.05, 4.69) is 10.1 Å². The SMILES string of the molecule is NC(CCc1ccncc1)c1ccnn1-c1ccccc1. The van der Waals surface area contributed by atoms with Crippen LogP contribution >= 0.6 is 0 Å². The maximum Gasteiger partial charge on any atom is 0.0649 e. The summed E-state index contributed by atoms with van der Waals surface area (Å²) in [5.41, 5.74) is 9.68. The highest BCUT2D eigenvalue weighted by atomic mass is 15.3. The molecule has 0 fully saturated rings. The van der Waals surface area contributed by atoms with Crippen LogP contribution < -0.4 is 5.73 Å². The molecule has 0 saturated carbocycles. The van der Waals surface area contributed by atoms with E-state index in [1.165, 1.54) is 5.56 Å². The van der Waals surface area contributed by atoms with E-state index in [0.29, 0.717) is 0 Å². The van der Waals surface area contributed by atoms with Crippen LogP contribution in [0.2, 0.25) is 0 Å². The molecule has 2 heterocycles. The van der Waals surface area contributed by atoms with Crippen molar-refractivity contribution in [2.45, 2.75) is 18.9 Å². The Kier molecular flexibility index (Phi) is 4.07. The molecule has 0 aliphatic heterocycles. The van der Waals surface area contributed by atoms with Gasteiger partial charge in [0.1, 0.15) is 0 Å². The number of benzene rings is 1. The molecule has 3 aromatic rings. The van der Waals surface area contributed by atoms with E-state index in [4.69, 9.17) is 5.73 Å². The molecule has 21 heavy (non-hydrogen) atoms. The molecule has 4 heteroatoms. The molecule has 2 N–H and O–H groups in total. The predicted molar refractivity (Wildman–Crippen MR) is 83.1 cm³/mol. The van der Waals surface area contributed by atoms with Gasteiger partial charge in [-0.05, 0) is 48.7 Å². The van der Waals surface area contributed by atoms with Crippen molar-refractivity contribution in [1.29, 1.82) is 0 Å². The summed E-state index contributed by atoms with van der Waals surface area (Å²) in [4.78, 5) is 4.03. The van der Waals surface area contributed by atoms with E-state index in [1.807, 2.05) is 65.6 Å². The lowest BCUT2D eigenvalue weighted by Gasteiger charge is -2.14. The largest absolute Gasteiger partial charge is 0.323 e. The lowest BCUT2D eigenvalue weighted by atomic mass is 10.0. The molecule has 0 spiro atoms. The van der Waals surface area contributed by atoms with Gasteiger partial charge in [0.05, 0.1) is 11.4 Å². The molecule has 0 bridgehead atoms. The zero-order valence-corrected chi connectivity index (χ0v) is 11.8. The first-order chi connectivity index (χ1) is 10.3. The topological polar surface area (TPSA) is 56.7 Å². The second kappa shape index (κ2) is 6.33. The lowest BCUT2D eigenvalue weighted by molar-refractivity contribution is 0.606. The number of rotatable bonds is 5. The summed E-state index contributed by atoms with van der Waals surface area (Å²) in [6.45, 7) is 0. The van der Waals surface area contributed by atoms with Crippen LogP contribution in [0.1, 0.15) is 23.7 Å². The van der Waals surface area contributed by atoms with Crippen molar-refractivity contribution in [3.05, 3.63) is 78.4 Å². The highest BCUT2D eigenvalue weighted by Gasteiger charge is 2.13. The Morgan fingerprint density at radius 1 is 0.952 bits per heavy atom. The molecule has 106 valence electrons. The van der Waals surface area contributed by atoms with Crippen LogP contribution in [0.25, 0.3) is 5.69 Å². The van der Waals surface area contributed by atoms with Crippen molar-refractivity contribution >= 4 is 0 Å². The molecule has 1 aromatic carbocycles. The molecule has 1 unspecified atom stereocenters. The monoisotopic (exact) mass is 278 g/mol. The fraction of sp³-hybridized carbons (Fsp3) is 0.176. The van der Waals surface area contributed by atoms with Crippen LogP contribution in [-0.2, 0) is 6.42 Å². The second-order valence-electron chi connectivity index (χ2n) is 5.00. The van der Waals surface area contributed by atoms with Gasteiger partial charge in [-0.15, -0.1) is 0 Å². The quantitative estimate of drug-likeness (QED) is 0.780. The number of hydrogen-bond donors (Lipinski definition) is 1. The molecule has 4 nitrogen and oxygen atoms in total. The van der Waals surface area contributed by atoms with E-state index < -0.39 is 0 Å². The maximum absolute atomic E-state index is 6.35. The summed E-state index contributed by atoms with van der Waals surface area (Å²) >= 11 is 0. The van der Waals surface area contributed by atoms with Crippen LogP contribution in [0.5, 0.6) is 0 Å². The summed E-state index contributed by atoms with van der Waals surface area (Å²) in [6, 6.07) is 16.1. The first kappa shape index (κ1) is 13.5. The van der Waals surface area contributed by atoms with Gasteiger partial charge in [0.25, 0.3) is 0 Å². The first-order valence-electron chi connectivity index (χ1n) is 7.08. The molecule has 0 aliphatic carbocycles. The maximum atomic E-state index is 6.35. The Morgan fingerprint density at radius 2 is 1.71 bits per heavy atom. The van der Waals surface area contributed by atoms with E-state index in [1.54, 1.807) is 6.20 Å². The third-order valence-electron chi connectivity index (χ3n) is 3.55. The minimum Gasteiger partial charge on any atom is -0.323 e. The van der Waals surface area contributed by atoms with Crippen LogP contribution in [0, 0.1) is 0 Å². The summed E-state index contributed by atoms with van der Waals surface area (Å²) in [7, 11) is 0. The van der Waals surface area contributed by atoms with Crippen molar-refractivity contribution in [1.82, 2.24) is 14.8 Å². The summed E-state index contributed by atoms with van der Waals surface area (Å²) in [5.74, 6) is 0. The summed E-state index contributed by atoms with van der Waals surface area (Å²) in [6.07, 6.45) is 7.24. The molecule has 0 saturated heterocycles. The van der Waals surface area contributed by atoms with Gasteiger partial charge < -0.3 is 5.73 Å². The third-order valence-corrected chi connectivity index (χ3v) is 3.55. The van der Waals surface area contributed by atoms with Crippen molar-refractivity contribution in [2.75, 3.05) is 0 Å². The van der Waals surface area contributed by atoms with Gasteiger partial charge in [-0.25, -0.2) is 4.68 Å². The highest BCUT2D eigenvalue weighted by molar-refractivity contribution is 5.33. The zero-order chi connectivity index (χ0) is 14.5. The molecule has 0 aliphatic rings. The van der Waals surface area contributed by atoms with Crippen molar-refractivity contribution < 1.29 is 0 Å². The van der Waals surface area contributed by atoms with E-state index in [-0.39, 0.29) is 6.04 Å². The average Bonchev–Trinajstić information content (AvgIpc) is 3.04. The number of hydrogen-bond acceptors (Lipinski definition) is 3. The molecule has 0 radical (unpaired) electrons. The third kappa shape index (κ3) is 3.17. The van der Waals surface area contributed by atoms with Gasteiger partial charge in [-0.3, -0.25) is 4.98 Å². The Morgan fingerprint density at radius 3 is 2.48 bits per heavy atom. The van der Waals surface area contributed by atoms with Gasteiger partial charge in [0, 0.05) is 24.6 Å². The van der Waals surface area contributed by atoms with E-state index >= 15 is 0 Å². The predicted octanol–water partition coefficient (Wildman–Crippen LogP) is 2.90. The van der Waals surface area contributed by atoms with Gasteiger partial charge >= 0.3 is 0 Å². The number of aromatic nitrogens is 3. The Labute approximate surface area is 124 Å². The molecule has 0 amide bonds. The first-order valence-corrected chi connectivity index (χ1v) is 7.08. The molecule has 3 rings (SSSR count). The van der Waals surface area contributed by atoms with Crippen molar-refractivity contribution in [3.63, 3.8) is 0 Å². The normalized spacial score (nSPS) is 12.2. The van der Waals surface area contributed by atoms with Gasteiger partial charge in [0.2, 0.25) is 0 Å². The van der Waals surface area contributed by atoms with Crippen LogP contribution in [0.4, 0.5) is 0 Å². The number of para-hydroxylation sites is 1. The minimum atomic E-state index is -0.0409. The fourth-order valence-corrected chi connectivity index (χ4v) is 2.40. The van der Waals surface area contributed by atoms with Gasteiger partial charge in [-0.1, -0.05) is 18.2 Å². The molecule has 2 aromatic heterocycles. The zero-order valence-electron chi connectivity index (χ0n) is 11.8. The Balaban J connectivity index is 1.74. The standard InChI is InChI=1S/C17H18N4/c18-16(7-6-14-8-11-19-12-9-14)17-10-13-20-21(17)15-4-2-1-3-5-15/h1-5,8-13,16H,6-7,18H2. The fourth-order valence-electron chi connectivity index (χ4n) is 2.40.